The quantitative estimate of drug-likeness (QED) is 0.828. The van der Waals surface area contributed by atoms with E-state index in [0.29, 0.717) is 0 Å². The first-order chi connectivity index (χ1) is 9.62. The van der Waals surface area contributed by atoms with Gasteiger partial charge in [-0.05, 0) is 37.1 Å². The highest BCUT2D eigenvalue weighted by Crippen LogP contribution is 2.20. The molecule has 1 aromatic carbocycles. The highest BCUT2D eigenvalue weighted by atomic mass is 32.2. The number of rotatable bonds is 3. The Balaban J connectivity index is 2.20. The van der Waals surface area contributed by atoms with Gasteiger partial charge in [0.25, 0.3) is 10.2 Å². The second-order valence-electron chi connectivity index (χ2n) is 5.09. The van der Waals surface area contributed by atoms with E-state index in [0.717, 1.165) is 15.4 Å². The zero-order chi connectivity index (χ0) is 15.8. The molecule has 9 heteroatoms. The van der Waals surface area contributed by atoms with Crippen molar-refractivity contribution in [3.63, 3.8) is 0 Å². The van der Waals surface area contributed by atoms with Crippen LogP contribution in [0.1, 0.15) is 11.1 Å². The lowest BCUT2D eigenvalue weighted by molar-refractivity contribution is 0.273. The molecule has 21 heavy (non-hydrogen) atoms. The number of aryl methyl sites for hydroxylation is 2. The van der Waals surface area contributed by atoms with E-state index >= 15 is 0 Å². The first-order valence-corrected chi connectivity index (χ1v) is 9.42. The predicted octanol–water partition coefficient (Wildman–Crippen LogP) is -0.187. The lowest BCUT2D eigenvalue weighted by Gasteiger charge is -2.32. The van der Waals surface area contributed by atoms with Gasteiger partial charge in [0.15, 0.2) is 0 Å². The summed E-state index contributed by atoms with van der Waals surface area (Å²) in [5.41, 5.74) is 1.92. The fraction of sp³-hybridized carbons (Fsp3) is 0.500. The Labute approximate surface area is 125 Å². The Morgan fingerprint density at radius 3 is 1.90 bits per heavy atom. The topological polar surface area (TPSA) is 101 Å². The van der Waals surface area contributed by atoms with Crippen molar-refractivity contribution in [3.05, 3.63) is 29.3 Å². The van der Waals surface area contributed by atoms with E-state index in [1.54, 1.807) is 18.2 Å². The zero-order valence-electron chi connectivity index (χ0n) is 12.0. The molecule has 0 unspecified atom stereocenters. The minimum absolute atomic E-state index is 0.0723. The number of sulfonamides is 1. The lowest BCUT2D eigenvalue weighted by Crippen LogP contribution is -2.52. The van der Waals surface area contributed by atoms with E-state index < -0.39 is 20.2 Å². The summed E-state index contributed by atoms with van der Waals surface area (Å²) in [4.78, 5) is 0.231. The Morgan fingerprint density at radius 2 is 1.43 bits per heavy atom. The molecule has 0 aromatic heterocycles. The van der Waals surface area contributed by atoms with Crippen molar-refractivity contribution in [2.75, 3.05) is 26.2 Å². The van der Waals surface area contributed by atoms with Crippen molar-refractivity contribution >= 4 is 20.2 Å². The summed E-state index contributed by atoms with van der Waals surface area (Å²) in [5, 5.41) is 5.04. The fourth-order valence-electron chi connectivity index (χ4n) is 2.19. The highest BCUT2D eigenvalue weighted by molar-refractivity contribution is 7.89. The van der Waals surface area contributed by atoms with Gasteiger partial charge in [-0.2, -0.15) is 17.0 Å². The van der Waals surface area contributed by atoms with Crippen molar-refractivity contribution in [3.8, 4) is 0 Å². The molecular weight excluding hydrogens is 314 g/mol. The highest BCUT2D eigenvalue weighted by Gasteiger charge is 2.31. The van der Waals surface area contributed by atoms with Crippen molar-refractivity contribution in [2.24, 2.45) is 5.14 Å². The number of piperazine rings is 1. The van der Waals surface area contributed by atoms with Crippen molar-refractivity contribution in [1.82, 2.24) is 8.61 Å². The first-order valence-electron chi connectivity index (χ1n) is 6.47. The molecule has 0 aliphatic carbocycles. The molecule has 0 bridgehead atoms. The third kappa shape index (κ3) is 3.43. The van der Waals surface area contributed by atoms with Gasteiger partial charge in [-0.25, -0.2) is 13.6 Å². The molecule has 2 N–H and O–H groups in total. The lowest BCUT2D eigenvalue weighted by atomic mass is 10.1. The van der Waals surface area contributed by atoms with Crippen LogP contribution in [0.4, 0.5) is 0 Å². The van der Waals surface area contributed by atoms with Crippen LogP contribution in [0.25, 0.3) is 0 Å². The third-order valence-electron chi connectivity index (χ3n) is 3.67. The standard InChI is InChI=1S/C12H19N3O4S2/c1-10-3-4-12(9-11(10)2)20(16,17)14-5-7-15(8-6-14)21(13,18)19/h3-4,9H,5-8H2,1-2H3,(H2,13,18,19). The van der Waals surface area contributed by atoms with Gasteiger partial charge in [-0.3, -0.25) is 0 Å². The Bertz CT molecular complexity index is 736. The van der Waals surface area contributed by atoms with Crippen LogP contribution >= 0.6 is 0 Å². The summed E-state index contributed by atoms with van der Waals surface area (Å²) < 4.78 is 49.9. The number of nitrogens with zero attached hydrogens (tertiary/aromatic N) is 2. The molecule has 118 valence electrons. The molecule has 7 nitrogen and oxygen atoms in total. The molecule has 0 radical (unpaired) electrons. The van der Waals surface area contributed by atoms with Crippen LogP contribution in [0.2, 0.25) is 0 Å². The number of hydrogen-bond donors (Lipinski definition) is 1. The summed E-state index contributed by atoms with van der Waals surface area (Å²) >= 11 is 0. The van der Waals surface area contributed by atoms with Gasteiger partial charge >= 0.3 is 0 Å². The Hall–Kier alpha value is -1.00. The Morgan fingerprint density at radius 1 is 0.905 bits per heavy atom. The molecule has 1 heterocycles. The molecular formula is C12H19N3O4S2. The monoisotopic (exact) mass is 333 g/mol. The zero-order valence-corrected chi connectivity index (χ0v) is 13.6. The van der Waals surface area contributed by atoms with Crippen molar-refractivity contribution in [2.45, 2.75) is 18.7 Å². The summed E-state index contributed by atoms with van der Waals surface area (Å²) in [6.45, 7) is 4.12. The second kappa shape index (κ2) is 5.65. The van der Waals surface area contributed by atoms with Crippen LogP contribution in [0.5, 0.6) is 0 Å². The van der Waals surface area contributed by atoms with Crippen LogP contribution in [0.3, 0.4) is 0 Å². The average Bonchev–Trinajstić information content (AvgIpc) is 2.41. The van der Waals surface area contributed by atoms with E-state index in [4.69, 9.17) is 5.14 Å². The minimum Gasteiger partial charge on any atom is -0.216 e. The van der Waals surface area contributed by atoms with Crippen molar-refractivity contribution in [1.29, 1.82) is 0 Å². The van der Waals surface area contributed by atoms with E-state index in [9.17, 15) is 16.8 Å². The maximum absolute atomic E-state index is 12.5. The van der Waals surface area contributed by atoms with E-state index in [-0.39, 0.29) is 31.1 Å². The van der Waals surface area contributed by atoms with E-state index in [1.807, 2.05) is 13.8 Å². The summed E-state index contributed by atoms with van der Waals surface area (Å²) in [7, 11) is -7.36. The summed E-state index contributed by atoms with van der Waals surface area (Å²) in [5.74, 6) is 0. The maximum atomic E-state index is 12.5. The SMILES string of the molecule is Cc1ccc(S(=O)(=O)N2CCN(S(N)(=O)=O)CC2)cc1C. The van der Waals surface area contributed by atoms with Crippen LogP contribution in [0.15, 0.2) is 23.1 Å². The molecule has 1 saturated heterocycles. The second-order valence-corrected chi connectivity index (χ2v) is 8.58. The van der Waals surface area contributed by atoms with Crippen LogP contribution in [0, 0.1) is 13.8 Å². The van der Waals surface area contributed by atoms with Crippen LogP contribution < -0.4 is 5.14 Å². The third-order valence-corrected chi connectivity index (χ3v) is 6.65. The largest absolute Gasteiger partial charge is 0.276 e. The number of benzene rings is 1. The molecule has 0 spiro atoms. The normalized spacial score (nSPS) is 18.8. The van der Waals surface area contributed by atoms with Crippen LogP contribution in [-0.4, -0.2) is 51.6 Å². The fourth-order valence-corrected chi connectivity index (χ4v) is 4.37. The Kier molecular flexibility index (Phi) is 4.41. The average molecular weight is 333 g/mol. The van der Waals surface area contributed by atoms with Gasteiger partial charge in [0.05, 0.1) is 4.90 Å². The van der Waals surface area contributed by atoms with Gasteiger partial charge in [0.2, 0.25) is 10.0 Å². The van der Waals surface area contributed by atoms with Crippen LogP contribution in [-0.2, 0) is 20.2 Å². The first kappa shape index (κ1) is 16.4. The minimum atomic E-state index is -3.76. The summed E-state index contributed by atoms with van der Waals surface area (Å²) in [6, 6.07) is 4.98. The van der Waals surface area contributed by atoms with Gasteiger partial charge in [0, 0.05) is 26.2 Å². The predicted molar refractivity (Wildman–Crippen MR) is 79.4 cm³/mol. The molecule has 1 aliphatic heterocycles. The van der Waals surface area contributed by atoms with Gasteiger partial charge in [-0.1, -0.05) is 6.07 Å². The maximum Gasteiger partial charge on any atom is 0.276 e. The molecule has 0 amide bonds. The molecule has 2 rings (SSSR count). The number of nitrogens with two attached hydrogens (primary N) is 1. The van der Waals surface area contributed by atoms with E-state index in [2.05, 4.69) is 0 Å². The summed E-state index contributed by atoms with van der Waals surface area (Å²) in [6.07, 6.45) is 0. The van der Waals surface area contributed by atoms with E-state index in [1.165, 1.54) is 4.31 Å². The van der Waals surface area contributed by atoms with Gasteiger partial charge < -0.3 is 0 Å². The molecule has 0 saturated carbocycles. The molecule has 1 aromatic rings. The van der Waals surface area contributed by atoms with Crippen molar-refractivity contribution < 1.29 is 16.8 Å². The molecule has 1 aliphatic rings. The smallest absolute Gasteiger partial charge is 0.216 e. The van der Waals surface area contributed by atoms with Gasteiger partial charge in [-0.15, -0.1) is 0 Å². The molecule has 0 atom stereocenters. The molecule has 1 fully saturated rings. The van der Waals surface area contributed by atoms with Gasteiger partial charge in [0.1, 0.15) is 0 Å². The number of hydrogen-bond acceptors (Lipinski definition) is 4.